The molecule has 0 fully saturated rings. The van der Waals surface area contributed by atoms with E-state index in [1.54, 1.807) is 6.07 Å². The van der Waals surface area contributed by atoms with E-state index in [-0.39, 0.29) is 5.69 Å². The first-order valence-electron chi connectivity index (χ1n) is 4.72. The van der Waals surface area contributed by atoms with E-state index in [4.69, 9.17) is 5.73 Å². The fourth-order valence-corrected chi connectivity index (χ4v) is 1.65. The van der Waals surface area contributed by atoms with Crippen molar-refractivity contribution in [2.75, 3.05) is 18.4 Å². The predicted molar refractivity (Wildman–Crippen MR) is 66.9 cm³/mol. The van der Waals surface area contributed by atoms with Crippen molar-refractivity contribution in [2.45, 2.75) is 0 Å². The molecule has 0 radical (unpaired) electrons. The SMILES string of the molecule is NC(=O)NCCNc1ccc([N+](=O)[O-])cc1Br. The second-order valence-electron chi connectivity index (χ2n) is 3.14. The van der Waals surface area contributed by atoms with E-state index < -0.39 is 11.0 Å². The number of hydrogen-bond donors (Lipinski definition) is 3. The molecule has 0 aliphatic heterocycles. The Labute approximate surface area is 106 Å². The molecule has 0 saturated carbocycles. The van der Waals surface area contributed by atoms with Crippen molar-refractivity contribution in [3.63, 3.8) is 0 Å². The van der Waals surface area contributed by atoms with Gasteiger partial charge in [0.05, 0.1) is 4.92 Å². The summed E-state index contributed by atoms with van der Waals surface area (Å²) in [6.07, 6.45) is 0. The standard InChI is InChI=1S/C9H11BrN4O3/c10-7-5-6(14(16)17)1-2-8(7)12-3-4-13-9(11)15/h1-2,5,12H,3-4H2,(H3,11,13,15). The van der Waals surface area contributed by atoms with E-state index >= 15 is 0 Å². The molecular formula is C9H11BrN4O3. The van der Waals surface area contributed by atoms with Crippen LogP contribution in [0.1, 0.15) is 0 Å². The number of nitrogens with zero attached hydrogens (tertiary/aromatic N) is 1. The van der Waals surface area contributed by atoms with Gasteiger partial charge in [-0.2, -0.15) is 0 Å². The molecule has 2 amide bonds. The molecule has 0 aromatic heterocycles. The molecule has 1 aromatic rings. The highest BCUT2D eigenvalue weighted by atomic mass is 79.9. The van der Waals surface area contributed by atoms with Gasteiger partial charge in [-0.3, -0.25) is 10.1 Å². The number of urea groups is 1. The molecule has 0 heterocycles. The summed E-state index contributed by atoms with van der Waals surface area (Å²) < 4.78 is 0.589. The molecule has 92 valence electrons. The molecule has 7 nitrogen and oxygen atoms in total. The molecule has 4 N–H and O–H groups in total. The first-order valence-corrected chi connectivity index (χ1v) is 5.51. The Morgan fingerprint density at radius 1 is 1.47 bits per heavy atom. The van der Waals surface area contributed by atoms with Crippen LogP contribution in [0.4, 0.5) is 16.2 Å². The number of nitrogens with two attached hydrogens (primary N) is 1. The van der Waals surface area contributed by atoms with Crippen LogP contribution >= 0.6 is 15.9 Å². The van der Waals surface area contributed by atoms with Crippen LogP contribution in [0.2, 0.25) is 0 Å². The van der Waals surface area contributed by atoms with Gasteiger partial charge in [0.15, 0.2) is 0 Å². The largest absolute Gasteiger partial charge is 0.382 e. The normalized spacial score (nSPS) is 9.71. The lowest BCUT2D eigenvalue weighted by Crippen LogP contribution is -2.33. The lowest BCUT2D eigenvalue weighted by Gasteiger charge is -2.08. The maximum atomic E-state index is 10.5. The van der Waals surface area contributed by atoms with Crippen LogP contribution in [0.25, 0.3) is 0 Å². The summed E-state index contributed by atoms with van der Waals surface area (Å²) in [4.78, 5) is 20.4. The summed E-state index contributed by atoms with van der Waals surface area (Å²) in [5.41, 5.74) is 5.61. The molecule has 0 saturated heterocycles. The highest BCUT2D eigenvalue weighted by Gasteiger charge is 2.08. The topological polar surface area (TPSA) is 110 Å². The quantitative estimate of drug-likeness (QED) is 0.434. The van der Waals surface area contributed by atoms with Gasteiger partial charge >= 0.3 is 6.03 Å². The molecule has 17 heavy (non-hydrogen) atoms. The second-order valence-corrected chi connectivity index (χ2v) is 3.99. The molecule has 1 aromatic carbocycles. The Morgan fingerprint density at radius 3 is 2.71 bits per heavy atom. The number of hydrogen-bond acceptors (Lipinski definition) is 4. The molecule has 0 unspecified atom stereocenters. The maximum absolute atomic E-state index is 10.5. The van der Waals surface area contributed by atoms with Crippen LogP contribution in [-0.2, 0) is 0 Å². The van der Waals surface area contributed by atoms with E-state index in [1.165, 1.54) is 12.1 Å². The highest BCUT2D eigenvalue weighted by molar-refractivity contribution is 9.10. The highest BCUT2D eigenvalue weighted by Crippen LogP contribution is 2.26. The Balaban J connectivity index is 2.54. The van der Waals surface area contributed by atoms with Crippen molar-refractivity contribution in [1.82, 2.24) is 5.32 Å². The van der Waals surface area contributed by atoms with Crippen LogP contribution in [-0.4, -0.2) is 24.0 Å². The number of amides is 2. The zero-order valence-corrected chi connectivity index (χ0v) is 10.4. The molecule has 0 atom stereocenters. The number of nitro groups is 1. The minimum absolute atomic E-state index is 0.0117. The van der Waals surface area contributed by atoms with Crippen molar-refractivity contribution in [1.29, 1.82) is 0 Å². The van der Waals surface area contributed by atoms with Gasteiger partial charge in [0.2, 0.25) is 0 Å². The molecule has 0 aliphatic rings. The van der Waals surface area contributed by atoms with Gasteiger partial charge in [-0.05, 0) is 22.0 Å². The summed E-state index contributed by atoms with van der Waals surface area (Å²) in [5.74, 6) is 0. The van der Waals surface area contributed by atoms with Crippen molar-refractivity contribution in [3.05, 3.63) is 32.8 Å². The smallest absolute Gasteiger partial charge is 0.312 e. The number of nitrogens with one attached hydrogen (secondary N) is 2. The zero-order chi connectivity index (χ0) is 12.8. The second kappa shape index (κ2) is 6.04. The van der Waals surface area contributed by atoms with Gasteiger partial charge in [-0.1, -0.05) is 0 Å². The number of anilines is 1. The summed E-state index contributed by atoms with van der Waals surface area (Å²) in [6, 6.07) is 3.81. The number of non-ortho nitro benzene ring substituents is 1. The van der Waals surface area contributed by atoms with Crippen molar-refractivity contribution < 1.29 is 9.72 Å². The Kier molecular flexibility index (Phi) is 4.70. The third kappa shape index (κ3) is 4.27. The number of rotatable bonds is 5. The number of benzene rings is 1. The van der Waals surface area contributed by atoms with E-state index in [0.29, 0.717) is 23.2 Å². The van der Waals surface area contributed by atoms with Crippen molar-refractivity contribution in [2.24, 2.45) is 5.73 Å². The summed E-state index contributed by atoms with van der Waals surface area (Å²) in [6.45, 7) is 0.845. The van der Waals surface area contributed by atoms with E-state index in [1.807, 2.05) is 0 Å². The Hall–Kier alpha value is -1.83. The number of nitro benzene ring substituents is 1. The number of halogens is 1. The average molecular weight is 303 g/mol. The van der Waals surface area contributed by atoms with Gasteiger partial charge in [0.25, 0.3) is 5.69 Å². The minimum Gasteiger partial charge on any atom is -0.382 e. The first-order chi connectivity index (χ1) is 8.00. The number of carbonyl (C=O) groups excluding carboxylic acids is 1. The van der Waals surface area contributed by atoms with E-state index in [9.17, 15) is 14.9 Å². The number of carbonyl (C=O) groups is 1. The summed E-state index contributed by atoms with van der Waals surface area (Å²) in [5, 5.41) is 15.9. The third-order valence-electron chi connectivity index (χ3n) is 1.90. The fraction of sp³-hybridized carbons (Fsp3) is 0.222. The van der Waals surface area contributed by atoms with Crippen molar-refractivity contribution in [3.8, 4) is 0 Å². The van der Waals surface area contributed by atoms with Crippen LogP contribution in [0.3, 0.4) is 0 Å². The monoisotopic (exact) mass is 302 g/mol. The number of primary amides is 1. The Bertz CT molecular complexity index is 438. The predicted octanol–water partition coefficient (Wildman–Crippen LogP) is 1.44. The van der Waals surface area contributed by atoms with E-state index in [0.717, 1.165) is 0 Å². The first kappa shape index (κ1) is 13.2. The summed E-state index contributed by atoms with van der Waals surface area (Å²) in [7, 11) is 0. The van der Waals surface area contributed by atoms with Gasteiger partial charge in [0, 0.05) is 35.4 Å². The molecule has 0 spiro atoms. The minimum atomic E-state index is -0.588. The summed E-state index contributed by atoms with van der Waals surface area (Å²) >= 11 is 3.22. The Morgan fingerprint density at radius 2 is 2.18 bits per heavy atom. The zero-order valence-electron chi connectivity index (χ0n) is 8.77. The molecule has 1 rings (SSSR count). The van der Waals surface area contributed by atoms with Gasteiger partial charge in [-0.15, -0.1) is 0 Å². The van der Waals surface area contributed by atoms with Gasteiger partial charge in [0.1, 0.15) is 0 Å². The lowest BCUT2D eigenvalue weighted by molar-refractivity contribution is -0.384. The molecule has 0 bridgehead atoms. The average Bonchev–Trinajstić information content (AvgIpc) is 2.25. The van der Waals surface area contributed by atoms with Crippen LogP contribution in [0, 0.1) is 10.1 Å². The molecule has 0 aliphatic carbocycles. The van der Waals surface area contributed by atoms with Crippen LogP contribution < -0.4 is 16.4 Å². The molecule has 8 heteroatoms. The van der Waals surface area contributed by atoms with E-state index in [2.05, 4.69) is 26.6 Å². The van der Waals surface area contributed by atoms with Crippen LogP contribution in [0.15, 0.2) is 22.7 Å². The van der Waals surface area contributed by atoms with Gasteiger partial charge in [-0.25, -0.2) is 4.79 Å². The fourth-order valence-electron chi connectivity index (χ4n) is 1.14. The maximum Gasteiger partial charge on any atom is 0.312 e. The van der Waals surface area contributed by atoms with Crippen molar-refractivity contribution >= 4 is 33.3 Å². The van der Waals surface area contributed by atoms with Crippen LogP contribution in [0.5, 0.6) is 0 Å². The lowest BCUT2D eigenvalue weighted by atomic mass is 10.3. The molecular weight excluding hydrogens is 292 g/mol. The third-order valence-corrected chi connectivity index (χ3v) is 2.56. The van der Waals surface area contributed by atoms with Gasteiger partial charge < -0.3 is 16.4 Å².